The van der Waals surface area contributed by atoms with E-state index in [1.54, 1.807) is 6.20 Å². The third kappa shape index (κ3) is 4.63. The summed E-state index contributed by atoms with van der Waals surface area (Å²) in [5, 5.41) is 12.3. The quantitative estimate of drug-likeness (QED) is 0.380. The summed E-state index contributed by atoms with van der Waals surface area (Å²) in [6.45, 7) is 1.74. The van der Waals surface area contributed by atoms with Crippen molar-refractivity contribution in [3.05, 3.63) is 108 Å². The van der Waals surface area contributed by atoms with Gasteiger partial charge in [-0.05, 0) is 55.5 Å². The number of nitrogens with zero attached hydrogens (tertiary/aromatic N) is 1. The molecule has 0 radical (unpaired) electrons. The molecule has 2 heterocycles. The molecule has 2 atom stereocenters. The van der Waals surface area contributed by atoms with Crippen molar-refractivity contribution in [3.63, 3.8) is 0 Å². The van der Waals surface area contributed by atoms with Crippen molar-refractivity contribution >= 4 is 16.7 Å². The van der Waals surface area contributed by atoms with Gasteiger partial charge in [-0.2, -0.15) is 0 Å². The van der Waals surface area contributed by atoms with Crippen molar-refractivity contribution in [3.8, 4) is 0 Å². The van der Waals surface area contributed by atoms with E-state index >= 15 is 0 Å². The standard InChI is InChI=1S/C29H30N2O2/c32-28(25-20-30-26-14-8-7-13-24(25)26)29(33)27(23-11-5-2-6-12-23)31-17-15-22(16-18-31)19-21-9-3-1-4-10-21/h1-14,20,22,27,29-30,33H,15-19H2/t27-,29-/m1/s1. The fourth-order valence-corrected chi connectivity index (χ4v) is 5.20. The predicted octanol–water partition coefficient (Wildman–Crippen LogP) is 5.41. The van der Waals surface area contributed by atoms with Gasteiger partial charge in [-0.25, -0.2) is 0 Å². The SMILES string of the molecule is O=C(c1c[nH]c2ccccc12)[C@H](O)[C@@H](c1ccccc1)N1CCC(Cc2ccccc2)CC1. The number of ketones is 1. The number of fused-ring (bicyclic) bond motifs is 1. The van der Waals surface area contributed by atoms with Crippen LogP contribution in [0.4, 0.5) is 0 Å². The smallest absolute Gasteiger partial charge is 0.195 e. The van der Waals surface area contributed by atoms with E-state index < -0.39 is 6.10 Å². The van der Waals surface area contributed by atoms with Crippen molar-refractivity contribution in [2.24, 2.45) is 5.92 Å². The summed E-state index contributed by atoms with van der Waals surface area (Å²) in [6, 6.07) is 28.0. The lowest BCUT2D eigenvalue weighted by Crippen LogP contribution is -2.44. The molecular formula is C29H30N2O2. The zero-order chi connectivity index (χ0) is 22.6. The fraction of sp³-hybridized carbons (Fsp3) is 0.276. The summed E-state index contributed by atoms with van der Waals surface area (Å²) < 4.78 is 0. The molecule has 0 unspecified atom stereocenters. The minimum absolute atomic E-state index is 0.229. The van der Waals surface area contributed by atoms with Crippen molar-refractivity contribution < 1.29 is 9.90 Å². The van der Waals surface area contributed by atoms with E-state index in [1.165, 1.54) is 5.56 Å². The molecule has 4 aromatic rings. The summed E-state index contributed by atoms with van der Waals surface area (Å²) in [6.07, 6.45) is 3.81. The number of aliphatic hydroxyl groups is 1. The number of aromatic amines is 1. The summed E-state index contributed by atoms with van der Waals surface area (Å²) >= 11 is 0. The Balaban J connectivity index is 1.36. The number of Topliss-reactive ketones (excluding diaryl/α,β-unsaturated/α-hetero) is 1. The highest BCUT2D eigenvalue weighted by Gasteiger charge is 2.35. The molecule has 1 aromatic heterocycles. The Morgan fingerprint density at radius 3 is 2.27 bits per heavy atom. The minimum Gasteiger partial charge on any atom is -0.383 e. The van der Waals surface area contributed by atoms with E-state index in [0.29, 0.717) is 11.5 Å². The van der Waals surface area contributed by atoms with Crippen LogP contribution >= 0.6 is 0 Å². The van der Waals surface area contributed by atoms with Crippen LogP contribution in [0.5, 0.6) is 0 Å². The number of aliphatic hydroxyl groups excluding tert-OH is 1. The highest BCUT2D eigenvalue weighted by atomic mass is 16.3. The third-order valence-electron chi connectivity index (χ3n) is 6.97. The van der Waals surface area contributed by atoms with Gasteiger partial charge in [-0.15, -0.1) is 0 Å². The Bertz CT molecular complexity index is 1190. The van der Waals surface area contributed by atoms with Gasteiger partial charge in [0.25, 0.3) is 0 Å². The number of hydrogen-bond acceptors (Lipinski definition) is 3. The van der Waals surface area contributed by atoms with Crippen molar-refractivity contribution in [1.82, 2.24) is 9.88 Å². The van der Waals surface area contributed by atoms with Gasteiger partial charge in [-0.3, -0.25) is 9.69 Å². The lowest BCUT2D eigenvalue weighted by Gasteiger charge is -2.39. The van der Waals surface area contributed by atoms with Gasteiger partial charge < -0.3 is 10.1 Å². The molecule has 0 amide bonds. The molecule has 2 N–H and O–H groups in total. The van der Waals surface area contributed by atoms with Crippen LogP contribution in [0.25, 0.3) is 10.9 Å². The predicted molar refractivity (Wildman–Crippen MR) is 132 cm³/mol. The number of likely N-dealkylation sites (tertiary alicyclic amines) is 1. The number of benzene rings is 3. The van der Waals surface area contributed by atoms with Gasteiger partial charge in [0.05, 0.1) is 6.04 Å². The molecule has 3 aromatic carbocycles. The van der Waals surface area contributed by atoms with Crippen LogP contribution in [0.15, 0.2) is 91.1 Å². The Hall–Kier alpha value is -3.21. The van der Waals surface area contributed by atoms with Gasteiger partial charge in [0.1, 0.15) is 6.10 Å². The maximum absolute atomic E-state index is 13.5. The Morgan fingerprint density at radius 2 is 1.55 bits per heavy atom. The maximum atomic E-state index is 13.5. The Labute approximate surface area is 194 Å². The monoisotopic (exact) mass is 438 g/mol. The average molecular weight is 439 g/mol. The number of rotatable bonds is 7. The zero-order valence-corrected chi connectivity index (χ0v) is 18.7. The van der Waals surface area contributed by atoms with Gasteiger partial charge in [-0.1, -0.05) is 78.9 Å². The summed E-state index contributed by atoms with van der Waals surface area (Å²) in [4.78, 5) is 19.0. The lowest BCUT2D eigenvalue weighted by atomic mass is 9.87. The number of nitrogens with one attached hydrogen (secondary N) is 1. The first-order valence-electron chi connectivity index (χ1n) is 11.8. The molecule has 33 heavy (non-hydrogen) atoms. The second-order valence-corrected chi connectivity index (χ2v) is 9.08. The average Bonchev–Trinajstić information content (AvgIpc) is 3.30. The van der Waals surface area contributed by atoms with Crippen molar-refractivity contribution in [2.75, 3.05) is 13.1 Å². The van der Waals surface area contributed by atoms with Crippen LogP contribution in [0, 0.1) is 5.92 Å². The van der Waals surface area contributed by atoms with Crippen molar-refractivity contribution in [1.29, 1.82) is 0 Å². The van der Waals surface area contributed by atoms with E-state index in [4.69, 9.17) is 0 Å². The molecule has 168 valence electrons. The van der Waals surface area contributed by atoms with Gasteiger partial charge in [0.15, 0.2) is 5.78 Å². The van der Waals surface area contributed by atoms with E-state index in [2.05, 4.69) is 40.2 Å². The zero-order valence-electron chi connectivity index (χ0n) is 18.7. The number of aromatic nitrogens is 1. The molecule has 4 nitrogen and oxygen atoms in total. The molecule has 4 heteroatoms. The van der Waals surface area contributed by atoms with Crippen molar-refractivity contribution in [2.45, 2.75) is 31.4 Å². The van der Waals surface area contributed by atoms with Crippen LogP contribution < -0.4 is 0 Å². The normalized spacial score (nSPS) is 17.1. The number of H-pyrrole nitrogens is 1. The van der Waals surface area contributed by atoms with E-state index in [9.17, 15) is 9.90 Å². The second kappa shape index (κ2) is 9.74. The highest BCUT2D eigenvalue weighted by molar-refractivity contribution is 6.10. The topological polar surface area (TPSA) is 56.3 Å². The molecule has 0 aliphatic carbocycles. The first-order chi connectivity index (χ1) is 16.2. The summed E-state index contributed by atoms with van der Waals surface area (Å²) in [5.41, 5.74) is 3.83. The highest BCUT2D eigenvalue weighted by Crippen LogP contribution is 2.33. The molecule has 1 saturated heterocycles. The maximum Gasteiger partial charge on any atom is 0.195 e. The van der Waals surface area contributed by atoms with E-state index in [0.717, 1.165) is 48.8 Å². The van der Waals surface area contributed by atoms with Gasteiger partial charge >= 0.3 is 0 Å². The fourth-order valence-electron chi connectivity index (χ4n) is 5.20. The van der Waals surface area contributed by atoms with Crippen LogP contribution in [0.1, 0.15) is 40.4 Å². The van der Waals surface area contributed by atoms with E-state index in [1.807, 2.05) is 54.6 Å². The number of carbonyl (C=O) groups excluding carboxylic acids is 1. The minimum atomic E-state index is -1.13. The molecule has 5 rings (SSSR count). The van der Waals surface area contributed by atoms with Gasteiger partial charge in [0.2, 0.25) is 0 Å². The van der Waals surface area contributed by atoms with Crippen LogP contribution in [0.2, 0.25) is 0 Å². The van der Waals surface area contributed by atoms with Crippen LogP contribution in [-0.4, -0.2) is 40.0 Å². The molecule has 1 aliphatic heterocycles. The summed E-state index contributed by atoms with van der Waals surface area (Å²) in [7, 11) is 0. The third-order valence-corrected chi connectivity index (χ3v) is 6.97. The lowest BCUT2D eigenvalue weighted by molar-refractivity contribution is 0.0265. The number of para-hydroxylation sites is 1. The van der Waals surface area contributed by atoms with Crippen LogP contribution in [0.3, 0.4) is 0 Å². The molecule has 1 aliphatic rings. The summed E-state index contributed by atoms with van der Waals surface area (Å²) in [5.74, 6) is 0.397. The molecular weight excluding hydrogens is 408 g/mol. The molecule has 1 fully saturated rings. The number of piperidine rings is 1. The van der Waals surface area contributed by atoms with Gasteiger partial charge in [0, 0.05) is 22.7 Å². The largest absolute Gasteiger partial charge is 0.383 e. The number of carbonyl (C=O) groups is 1. The molecule has 0 saturated carbocycles. The molecule has 0 spiro atoms. The first-order valence-corrected chi connectivity index (χ1v) is 11.8. The van der Waals surface area contributed by atoms with E-state index in [-0.39, 0.29) is 11.8 Å². The molecule has 0 bridgehead atoms. The Morgan fingerprint density at radius 1 is 0.909 bits per heavy atom. The number of hydrogen-bond donors (Lipinski definition) is 2. The second-order valence-electron chi connectivity index (χ2n) is 9.08. The Kier molecular flexibility index (Phi) is 6.38. The van der Waals surface area contributed by atoms with Crippen LogP contribution in [-0.2, 0) is 6.42 Å². The first kappa shape index (κ1) is 21.6.